The lowest BCUT2D eigenvalue weighted by Gasteiger charge is -2.33. The Bertz CT molecular complexity index is 669. The van der Waals surface area contributed by atoms with E-state index in [9.17, 15) is 9.59 Å². The molecule has 0 radical (unpaired) electrons. The van der Waals surface area contributed by atoms with Crippen molar-refractivity contribution in [1.29, 1.82) is 0 Å². The molecule has 24 heavy (non-hydrogen) atoms. The molecule has 5 atom stereocenters. The van der Waals surface area contributed by atoms with Crippen molar-refractivity contribution in [1.82, 2.24) is 9.88 Å². The summed E-state index contributed by atoms with van der Waals surface area (Å²) in [4.78, 5) is 33.6. The van der Waals surface area contributed by atoms with Crippen molar-refractivity contribution in [2.24, 2.45) is 29.6 Å². The van der Waals surface area contributed by atoms with Crippen molar-refractivity contribution in [3.05, 3.63) is 24.5 Å². The van der Waals surface area contributed by atoms with Gasteiger partial charge in [-0.15, -0.1) is 0 Å². The summed E-state index contributed by atoms with van der Waals surface area (Å²) in [6, 6.07) is 3.78. The zero-order chi connectivity index (χ0) is 16.3. The average molecular weight is 327 g/mol. The van der Waals surface area contributed by atoms with Gasteiger partial charge in [-0.05, 0) is 36.3 Å². The molecule has 6 heteroatoms. The summed E-state index contributed by atoms with van der Waals surface area (Å²) in [6.07, 6.45) is 4.41. The molecule has 1 saturated carbocycles. The van der Waals surface area contributed by atoms with Gasteiger partial charge in [0.05, 0.1) is 31.0 Å². The molecule has 126 valence electrons. The number of amides is 2. The number of anilines is 1. The van der Waals surface area contributed by atoms with Crippen LogP contribution in [-0.4, -0.2) is 54.5 Å². The van der Waals surface area contributed by atoms with Gasteiger partial charge < -0.3 is 14.5 Å². The minimum Gasteiger partial charge on any atom is -0.381 e. The van der Waals surface area contributed by atoms with Crippen molar-refractivity contribution in [3.63, 3.8) is 0 Å². The molecule has 2 amide bonds. The molecule has 4 heterocycles. The van der Waals surface area contributed by atoms with Crippen molar-refractivity contribution in [2.75, 3.05) is 37.7 Å². The number of pyridine rings is 1. The SMILES string of the molecule is O=C(C1[C@H]2COC[C@@H]12)N1CC2CCN(c3cccnc3)C(=O)C2C1. The molecular formula is C18H21N3O3. The summed E-state index contributed by atoms with van der Waals surface area (Å²) in [7, 11) is 0. The number of fused-ring (bicyclic) bond motifs is 2. The average Bonchev–Trinajstić information content (AvgIpc) is 2.97. The highest BCUT2D eigenvalue weighted by molar-refractivity contribution is 5.97. The number of piperidine rings is 1. The fourth-order valence-corrected chi connectivity index (χ4v) is 4.82. The first-order valence-corrected chi connectivity index (χ1v) is 8.82. The van der Waals surface area contributed by atoms with Crippen molar-refractivity contribution < 1.29 is 14.3 Å². The number of carbonyl (C=O) groups excluding carboxylic acids is 2. The van der Waals surface area contributed by atoms with Crippen LogP contribution in [-0.2, 0) is 14.3 Å². The van der Waals surface area contributed by atoms with Gasteiger partial charge in [-0.25, -0.2) is 0 Å². The van der Waals surface area contributed by atoms with E-state index in [1.54, 1.807) is 12.4 Å². The van der Waals surface area contributed by atoms with E-state index < -0.39 is 0 Å². The Morgan fingerprint density at radius 1 is 1.25 bits per heavy atom. The van der Waals surface area contributed by atoms with Gasteiger partial charge >= 0.3 is 0 Å². The third kappa shape index (κ3) is 2.09. The third-order valence-corrected chi connectivity index (χ3v) is 6.25. The molecule has 0 spiro atoms. The number of rotatable bonds is 2. The second-order valence-electron chi connectivity index (χ2n) is 7.49. The van der Waals surface area contributed by atoms with E-state index in [-0.39, 0.29) is 23.7 Å². The van der Waals surface area contributed by atoms with Gasteiger partial charge in [-0.2, -0.15) is 0 Å². The second kappa shape index (κ2) is 5.28. The second-order valence-corrected chi connectivity index (χ2v) is 7.49. The monoisotopic (exact) mass is 327 g/mol. The summed E-state index contributed by atoms with van der Waals surface area (Å²) in [5.41, 5.74) is 0.861. The fraction of sp³-hybridized carbons (Fsp3) is 0.611. The predicted molar refractivity (Wildman–Crippen MR) is 86.1 cm³/mol. The number of nitrogens with zero attached hydrogens (tertiary/aromatic N) is 3. The van der Waals surface area contributed by atoms with Gasteiger partial charge in [0.15, 0.2) is 0 Å². The van der Waals surface area contributed by atoms with Crippen LogP contribution in [0.4, 0.5) is 5.69 Å². The first-order valence-electron chi connectivity index (χ1n) is 8.82. The summed E-state index contributed by atoms with van der Waals surface area (Å²) < 4.78 is 5.39. The minimum absolute atomic E-state index is 0.0576. The summed E-state index contributed by atoms with van der Waals surface area (Å²) in [6.45, 7) is 3.50. The molecule has 1 aromatic heterocycles. The number of hydrogen-bond donors (Lipinski definition) is 0. The third-order valence-electron chi connectivity index (χ3n) is 6.25. The number of ether oxygens (including phenoxy) is 1. The number of hydrogen-bond acceptors (Lipinski definition) is 4. The van der Waals surface area contributed by atoms with Crippen LogP contribution in [0.3, 0.4) is 0 Å². The molecule has 3 saturated heterocycles. The van der Waals surface area contributed by atoms with Gasteiger partial charge in [-0.1, -0.05) is 0 Å². The Balaban J connectivity index is 1.29. The Morgan fingerprint density at radius 3 is 2.83 bits per heavy atom. The summed E-state index contributed by atoms with van der Waals surface area (Å²) >= 11 is 0. The largest absolute Gasteiger partial charge is 0.381 e. The van der Waals surface area contributed by atoms with Crippen LogP contribution in [0.5, 0.6) is 0 Å². The molecule has 0 bridgehead atoms. The normalized spacial score (nSPS) is 37.3. The number of carbonyl (C=O) groups is 2. The molecule has 4 aliphatic rings. The molecule has 3 aliphatic heterocycles. The van der Waals surface area contributed by atoms with Crippen LogP contribution in [0.25, 0.3) is 0 Å². The Labute approximate surface area is 140 Å². The van der Waals surface area contributed by atoms with Crippen LogP contribution >= 0.6 is 0 Å². The maximum absolute atomic E-state index is 12.9. The predicted octanol–water partition coefficient (Wildman–Crippen LogP) is 0.785. The highest BCUT2D eigenvalue weighted by Gasteiger charge is 2.60. The van der Waals surface area contributed by atoms with E-state index in [4.69, 9.17) is 4.74 Å². The van der Waals surface area contributed by atoms with Gasteiger partial charge in [0.25, 0.3) is 0 Å². The molecule has 3 unspecified atom stereocenters. The molecular weight excluding hydrogens is 306 g/mol. The lowest BCUT2D eigenvalue weighted by atomic mass is 9.88. The van der Waals surface area contributed by atoms with Gasteiger partial charge in [0.2, 0.25) is 11.8 Å². The Hall–Kier alpha value is -1.95. The van der Waals surface area contributed by atoms with Crippen molar-refractivity contribution >= 4 is 17.5 Å². The van der Waals surface area contributed by atoms with E-state index >= 15 is 0 Å². The highest BCUT2D eigenvalue weighted by atomic mass is 16.5. The van der Waals surface area contributed by atoms with E-state index in [0.29, 0.717) is 24.3 Å². The summed E-state index contributed by atoms with van der Waals surface area (Å²) in [5, 5.41) is 0. The van der Waals surface area contributed by atoms with E-state index in [0.717, 1.165) is 38.4 Å². The van der Waals surface area contributed by atoms with Gasteiger partial charge in [0, 0.05) is 31.7 Å². The van der Waals surface area contributed by atoms with Crippen LogP contribution in [0, 0.1) is 29.6 Å². The lowest BCUT2D eigenvalue weighted by molar-refractivity contribution is -0.133. The van der Waals surface area contributed by atoms with Crippen LogP contribution in [0.15, 0.2) is 24.5 Å². The molecule has 5 rings (SSSR count). The van der Waals surface area contributed by atoms with Gasteiger partial charge in [0.1, 0.15) is 0 Å². The first-order chi connectivity index (χ1) is 11.7. The smallest absolute Gasteiger partial charge is 0.232 e. The lowest BCUT2D eigenvalue weighted by Crippen LogP contribution is -2.45. The van der Waals surface area contributed by atoms with E-state index in [1.807, 2.05) is 21.9 Å². The minimum atomic E-state index is -0.0576. The maximum Gasteiger partial charge on any atom is 0.232 e. The quantitative estimate of drug-likeness (QED) is 0.805. The molecule has 1 aliphatic carbocycles. The molecule has 6 nitrogen and oxygen atoms in total. The molecule has 4 fully saturated rings. The standard InChI is InChI=1S/C18H21N3O3/c22-17-13-8-20(18(23)16-14-9-24-10-15(14)16)7-11(13)3-5-21(17)12-2-1-4-19-6-12/h1-2,4,6,11,13-16H,3,5,7-10H2/t11?,13?,14-,15+,16?. The van der Waals surface area contributed by atoms with E-state index in [1.165, 1.54) is 0 Å². The van der Waals surface area contributed by atoms with Crippen molar-refractivity contribution in [3.8, 4) is 0 Å². The van der Waals surface area contributed by atoms with Crippen LogP contribution in [0.2, 0.25) is 0 Å². The Morgan fingerprint density at radius 2 is 2.08 bits per heavy atom. The van der Waals surface area contributed by atoms with Crippen molar-refractivity contribution in [2.45, 2.75) is 6.42 Å². The topological polar surface area (TPSA) is 62.7 Å². The number of aromatic nitrogens is 1. The van der Waals surface area contributed by atoms with Crippen LogP contribution in [0.1, 0.15) is 6.42 Å². The fourth-order valence-electron chi connectivity index (χ4n) is 4.82. The van der Waals surface area contributed by atoms with E-state index in [2.05, 4.69) is 4.98 Å². The zero-order valence-corrected chi connectivity index (χ0v) is 13.5. The molecule has 0 N–H and O–H groups in total. The molecule has 0 aromatic carbocycles. The summed E-state index contributed by atoms with van der Waals surface area (Å²) in [5.74, 6) is 1.67. The first kappa shape index (κ1) is 14.4. The van der Waals surface area contributed by atoms with Gasteiger partial charge in [-0.3, -0.25) is 14.6 Å². The highest BCUT2D eigenvalue weighted by Crippen LogP contribution is 2.52. The number of likely N-dealkylation sites (tertiary alicyclic amines) is 1. The Kier molecular flexibility index (Phi) is 3.16. The molecule has 1 aromatic rings. The maximum atomic E-state index is 12.9. The van der Waals surface area contributed by atoms with Crippen LogP contribution < -0.4 is 4.90 Å². The zero-order valence-electron chi connectivity index (χ0n) is 13.5.